The molecule has 15 heavy (non-hydrogen) atoms. The molecule has 1 aromatic carbocycles. The van der Waals surface area contributed by atoms with Crippen LogP contribution in [0.5, 0.6) is 0 Å². The summed E-state index contributed by atoms with van der Waals surface area (Å²) in [5.41, 5.74) is -0.573. The van der Waals surface area contributed by atoms with Crippen molar-refractivity contribution < 1.29 is 9.90 Å². The number of pyridine rings is 1. The molecule has 0 amide bonds. The summed E-state index contributed by atoms with van der Waals surface area (Å²) in [6.07, 6.45) is 0. The van der Waals surface area contributed by atoms with Gasteiger partial charge in [-0.05, 0) is 29.7 Å². The molecule has 1 heterocycles. The van der Waals surface area contributed by atoms with Gasteiger partial charge in [-0.1, -0.05) is 11.6 Å². The van der Waals surface area contributed by atoms with Crippen LogP contribution in [-0.4, -0.2) is 16.1 Å². The minimum absolute atomic E-state index is 0.144. The van der Waals surface area contributed by atoms with Crippen LogP contribution < -0.4 is 5.56 Å². The number of rotatable bonds is 1. The molecule has 0 radical (unpaired) electrons. The Balaban J connectivity index is 2.85. The Hall–Kier alpha value is -1.81. The maximum absolute atomic E-state index is 11.5. The lowest BCUT2D eigenvalue weighted by Gasteiger charge is -1.99. The smallest absolute Gasteiger partial charge is 0.352 e. The molecule has 0 aliphatic rings. The van der Waals surface area contributed by atoms with Crippen molar-refractivity contribution in [2.75, 3.05) is 0 Å². The number of H-pyrrole nitrogens is 1. The highest BCUT2D eigenvalue weighted by Crippen LogP contribution is 2.16. The van der Waals surface area contributed by atoms with E-state index in [1.165, 1.54) is 6.07 Å². The molecule has 76 valence electrons. The number of halogens is 1. The van der Waals surface area contributed by atoms with E-state index < -0.39 is 11.5 Å². The summed E-state index contributed by atoms with van der Waals surface area (Å²) < 4.78 is 0. The molecule has 0 spiro atoms. The molecule has 0 saturated carbocycles. The van der Waals surface area contributed by atoms with Crippen LogP contribution >= 0.6 is 11.6 Å². The predicted molar refractivity (Wildman–Crippen MR) is 56.5 cm³/mol. The van der Waals surface area contributed by atoms with E-state index in [2.05, 4.69) is 4.98 Å². The topological polar surface area (TPSA) is 70.2 Å². The third-order valence-electron chi connectivity index (χ3n) is 2.04. The number of carboxylic acid groups (broad SMARTS) is 1. The van der Waals surface area contributed by atoms with Crippen molar-refractivity contribution in [3.63, 3.8) is 0 Å². The van der Waals surface area contributed by atoms with Crippen LogP contribution in [0, 0.1) is 0 Å². The summed E-state index contributed by atoms with van der Waals surface area (Å²) in [4.78, 5) is 24.4. The van der Waals surface area contributed by atoms with Crippen LogP contribution in [0.15, 0.2) is 29.1 Å². The van der Waals surface area contributed by atoms with E-state index in [0.717, 1.165) is 0 Å². The van der Waals surface area contributed by atoms with E-state index in [9.17, 15) is 9.59 Å². The fourth-order valence-corrected chi connectivity index (χ4v) is 1.54. The number of fused-ring (bicyclic) bond motifs is 1. The monoisotopic (exact) mass is 223 g/mol. The summed E-state index contributed by atoms with van der Waals surface area (Å²) in [7, 11) is 0. The Morgan fingerprint density at radius 3 is 2.73 bits per heavy atom. The van der Waals surface area contributed by atoms with Crippen LogP contribution in [0.3, 0.4) is 0 Å². The minimum Gasteiger partial charge on any atom is -0.477 e. The van der Waals surface area contributed by atoms with Crippen molar-refractivity contribution in [1.82, 2.24) is 4.98 Å². The van der Waals surface area contributed by atoms with E-state index >= 15 is 0 Å². The second kappa shape index (κ2) is 3.40. The molecular weight excluding hydrogens is 218 g/mol. The normalized spacial score (nSPS) is 10.5. The molecule has 0 aliphatic heterocycles. The molecule has 0 aliphatic carbocycles. The lowest BCUT2D eigenvalue weighted by atomic mass is 10.1. The van der Waals surface area contributed by atoms with E-state index in [0.29, 0.717) is 15.8 Å². The molecule has 2 rings (SSSR count). The van der Waals surface area contributed by atoms with Crippen LogP contribution in [0.25, 0.3) is 10.8 Å². The van der Waals surface area contributed by atoms with Gasteiger partial charge in [0.15, 0.2) is 0 Å². The minimum atomic E-state index is -1.17. The lowest BCUT2D eigenvalue weighted by Crippen LogP contribution is -2.12. The zero-order valence-corrected chi connectivity index (χ0v) is 8.21. The number of aromatic carboxylic acids is 1. The number of carbonyl (C=O) groups is 1. The molecule has 0 unspecified atom stereocenters. The molecule has 2 N–H and O–H groups in total. The molecule has 2 aromatic rings. The Labute approximate surface area is 89.1 Å². The highest BCUT2D eigenvalue weighted by atomic mass is 35.5. The second-order valence-corrected chi connectivity index (χ2v) is 3.49. The van der Waals surface area contributed by atoms with Gasteiger partial charge >= 0.3 is 5.97 Å². The number of hydrogen-bond acceptors (Lipinski definition) is 2. The largest absolute Gasteiger partial charge is 0.477 e. The number of hydrogen-bond donors (Lipinski definition) is 2. The van der Waals surface area contributed by atoms with E-state index in [4.69, 9.17) is 16.7 Å². The van der Waals surface area contributed by atoms with Gasteiger partial charge in [0.2, 0.25) is 0 Å². The highest BCUT2D eigenvalue weighted by Gasteiger charge is 2.07. The van der Waals surface area contributed by atoms with Crippen molar-refractivity contribution >= 4 is 28.3 Å². The fourth-order valence-electron chi connectivity index (χ4n) is 1.36. The molecular formula is C10H6ClNO3. The number of aromatic amines is 1. The maximum atomic E-state index is 11.5. The van der Waals surface area contributed by atoms with Crippen LogP contribution in [0.2, 0.25) is 5.02 Å². The van der Waals surface area contributed by atoms with Crippen LogP contribution in [0.1, 0.15) is 10.5 Å². The van der Waals surface area contributed by atoms with Gasteiger partial charge in [-0.15, -0.1) is 0 Å². The van der Waals surface area contributed by atoms with Crippen LogP contribution in [-0.2, 0) is 0 Å². The van der Waals surface area contributed by atoms with Gasteiger partial charge in [0.05, 0.1) is 0 Å². The summed E-state index contributed by atoms with van der Waals surface area (Å²) in [5, 5.41) is 10.1. The van der Waals surface area contributed by atoms with Gasteiger partial charge in [-0.3, -0.25) is 4.79 Å². The van der Waals surface area contributed by atoms with Gasteiger partial charge < -0.3 is 10.1 Å². The van der Waals surface area contributed by atoms with Crippen molar-refractivity contribution in [1.29, 1.82) is 0 Å². The fraction of sp³-hybridized carbons (Fsp3) is 0. The summed E-state index contributed by atoms with van der Waals surface area (Å²) in [6, 6.07) is 6.07. The first kappa shape index (κ1) is 9.73. The second-order valence-electron chi connectivity index (χ2n) is 3.05. The number of nitrogens with one attached hydrogen (secondary N) is 1. The Morgan fingerprint density at radius 2 is 2.07 bits per heavy atom. The van der Waals surface area contributed by atoms with Gasteiger partial charge in [-0.25, -0.2) is 4.79 Å². The first-order chi connectivity index (χ1) is 7.08. The Bertz CT molecular complexity index is 603. The van der Waals surface area contributed by atoms with Crippen molar-refractivity contribution in [2.45, 2.75) is 0 Å². The van der Waals surface area contributed by atoms with Crippen molar-refractivity contribution in [2.24, 2.45) is 0 Å². The molecule has 4 nitrogen and oxygen atoms in total. The first-order valence-corrected chi connectivity index (χ1v) is 4.51. The highest BCUT2D eigenvalue weighted by molar-refractivity contribution is 6.31. The van der Waals surface area contributed by atoms with Crippen LogP contribution in [0.4, 0.5) is 0 Å². The summed E-state index contributed by atoms with van der Waals surface area (Å²) in [5.74, 6) is -1.17. The zero-order valence-electron chi connectivity index (χ0n) is 7.45. The number of benzene rings is 1. The molecule has 0 atom stereocenters. The average Bonchev–Trinajstić information content (AvgIpc) is 2.16. The quantitative estimate of drug-likeness (QED) is 0.776. The first-order valence-electron chi connectivity index (χ1n) is 4.14. The standard InChI is InChI=1S/C10H6ClNO3/c11-6-1-2-7-5(3-6)4-8(10(14)15)12-9(7)13/h1-4H,(H,12,13)(H,14,15). The lowest BCUT2D eigenvalue weighted by molar-refractivity contribution is 0.0690. The van der Waals surface area contributed by atoms with Gasteiger partial charge in [-0.2, -0.15) is 0 Å². The van der Waals surface area contributed by atoms with E-state index in [1.54, 1.807) is 18.2 Å². The SMILES string of the molecule is O=C(O)c1cc2cc(Cl)ccc2c(=O)[nH]1. The number of aromatic nitrogens is 1. The molecule has 5 heteroatoms. The Morgan fingerprint density at radius 1 is 1.33 bits per heavy atom. The van der Waals surface area contributed by atoms with Gasteiger partial charge in [0.1, 0.15) is 5.69 Å². The zero-order chi connectivity index (χ0) is 11.0. The summed E-state index contributed by atoms with van der Waals surface area (Å²) in [6.45, 7) is 0. The predicted octanol–water partition coefficient (Wildman–Crippen LogP) is 1.88. The summed E-state index contributed by atoms with van der Waals surface area (Å²) >= 11 is 5.74. The van der Waals surface area contributed by atoms with Crippen molar-refractivity contribution in [3.8, 4) is 0 Å². The Kier molecular flexibility index (Phi) is 2.21. The molecule has 0 fully saturated rings. The third-order valence-corrected chi connectivity index (χ3v) is 2.27. The van der Waals surface area contributed by atoms with Gasteiger partial charge in [0, 0.05) is 10.4 Å². The van der Waals surface area contributed by atoms with Gasteiger partial charge in [0.25, 0.3) is 5.56 Å². The molecule has 0 saturated heterocycles. The average molecular weight is 224 g/mol. The van der Waals surface area contributed by atoms with Crippen molar-refractivity contribution in [3.05, 3.63) is 45.3 Å². The molecule has 0 bridgehead atoms. The van der Waals surface area contributed by atoms with E-state index in [-0.39, 0.29) is 5.69 Å². The van der Waals surface area contributed by atoms with E-state index in [1.807, 2.05) is 0 Å². The maximum Gasteiger partial charge on any atom is 0.352 e. The molecule has 1 aromatic heterocycles. The number of carboxylic acids is 1. The third kappa shape index (κ3) is 1.71.